The molecule has 88 valence electrons. The van der Waals surface area contributed by atoms with Crippen molar-refractivity contribution in [1.29, 1.82) is 0 Å². The van der Waals surface area contributed by atoms with Crippen molar-refractivity contribution < 1.29 is 4.79 Å². The van der Waals surface area contributed by atoms with Gasteiger partial charge in [0, 0.05) is 28.2 Å². The third-order valence-electron chi connectivity index (χ3n) is 3.22. The van der Waals surface area contributed by atoms with Gasteiger partial charge in [-0.1, -0.05) is 0 Å². The molecule has 1 unspecified atom stereocenters. The maximum atomic E-state index is 12.2. The van der Waals surface area contributed by atoms with Gasteiger partial charge >= 0.3 is 0 Å². The molecule has 0 saturated carbocycles. The summed E-state index contributed by atoms with van der Waals surface area (Å²) in [7, 11) is 0. The molecule has 0 amide bonds. The monoisotopic (exact) mass is 264 g/mol. The zero-order chi connectivity index (χ0) is 11.8. The van der Waals surface area contributed by atoms with Crippen molar-refractivity contribution in [2.75, 3.05) is 0 Å². The first-order chi connectivity index (χ1) is 8.24. The van der Waals surface area contributed by atoms with Crippen molar-refractivity contribution in [3.05, 3.63) is 38.5 Å². The van der Waals surface area contributed by atoms with E-state index in [0.29, 0.717) is 4.77 Å². The molecule has 0 fully saturated rings. The lowest BCUT2D eigenvalue weighted by Gasteiger charge is -2.20. The summed E-state index contributed by atoms with van der Waals surface area (Å²) in [6.07, 6.45) is 4.58. The van der Waals surface area contributed by atoms with Crippen LogP contribution in [0, 0.1) is 10.7 Å². The van der Waals surface area contributed by atoms with E-state index >= 15 is 0 Å². The van der Waals surface area contributed by atoms with Crippen LogP contribution in [-0.4, -0.2) is 15.8 Å². The highest BCUT2D eigenvalue weighted by molar-refractivity contribution is 7.71. The molecular weight excluding hydrogens is 252 g/mol. The molecule has 2 heterocycles. The second kappa shape index (κ2) is 4.23. The summed E-state index contributed by atoms with van der Waals surface area (Å²) in [4.78, 5) is 19.5. The molecule has 3 rings (SSSR count). The van der Waals surface area contributed by atoms with Crippen LogP contribution in [0.25, 0.3) is 0 Å². The highest BCUT2D eigenvalue weighted by Gasteiger charge is 2.28. The van der Waals surface area contributed by atoms with Gasteiger partial charge in [0.05, 0.1) is 0 Å². The van der Waals surface area contributed by atoms with Crippen LogP contribution >= 0.6 is 23.6 Å². The van der Waals surface area contributed by atoms with Crippen LogP contribution < -0.4 is 0 Å². The van der Waals surface area contributed by atoms with Gasteiger partial charge in [0.15, 0.2) is 10.6 Å². The minimum atomic E-state index is 0.0959. The van der Waals surface area contributed by atoms with Crippen LogP contribution in [0.15, 0.2) is 17.6 Å². The fourth-order valence-electron chi connectivity index (χ4n) is 2.35. The number of hydrogen-bond acceptors (Lipinski definition) is 3. The lowest BCUT2D eigenvalue weighted by molar-refractivity contribution is 0.0902. The normalized spacial score (nSPS) is 19.3. The molecule has 1 aliphatic carbocycles. The van der Waals surface area contributed by atoms with Gasteiger partial charge in [-0.25, -0.2) is 0 Å². The number of aromatic amines is 2. The summed E-state index contributed by atoms with van der Waals surface area (Å²) in [5.41, 5.74) is 1.95. The molecule has 2 N–H and O–H groups in total. The molecule has 1 aliphatic rings. The lowest BCUT2D eigenvalue weighted by atomic mass is 9.84. The molecule has 5 heteroatoms. The Morgan fingerprint density at radius 2 is 2.41 bits per heavy atom. The third kappa shape index (κ3) is 2.00. The maximum absolute atomic E-state index is 12.2. The maximum Gasteiger partial charge on any atom is 0.174 e. The van der Waals surface area contributed by atoms with Crippen molar-refractivity contribution in [2.45, 2.75) is 19.3 Å². The van der Waals surface area contributed by atoms with Crippen molar-refractivity contribution in [3.63, 3.8) is 0 Å². The number of aromatic nitrogens is 2. The summed E-state index contributed by atoms with van der Waals surface area (Å²) in [6, 6.07) is 1.95. The smallest absolute Gasteiger partial charge is 0.174 e. The fourth-order valence-corrected chi connectivity index (χ4v) is 3.44. The van der Waals surface area contributed by atoms with Gasteiger partial charge in [-0.15, -0.1) is 11.3 Å². The zero-order valence-electron chi connectivity index (χ0n) is 9.16. The number of carbonyl (C=O) groups is 1. The number of imidazole rings is 1. The van der Waals surface area contributed by atoms with E-state index in [1.165, 1.54) is 4.88 Å². The van der Waals surface area contributed by atoms with Gasteiger partial charge in [0.1, 0.15) is 0 Å². The van der Waals surface area contributed by atoms with Crippen molar-refractivity contribution in [2.24, 2.45) is 5.92 Å². The molecule has 0 radical (unpaired) electrons. The Hall–Kier alpha value is -1.20. The lowest BCUT2D eigenvalue weighted by Crippen LogP contribution is -2.23. The number of rotatable bonds is 2. The highest BCUT2D eigenvalue weighted by Crippen LogP contribution is 2.30. The second-order valence-corrected chi connectivity index (χ2v) is 5.74. The van der Waals surface area contributed by atoms with Crippen molar-refractivity contribution in [1.82, 2.24) is 9.97 Å². The molecule has 2 aromatic rings. The number of aryl methyl sites for hydroxylation is 1. The van der Waals surface area contributed by atoms with Gasteiger partial charge in [-0.05, 0) is 42.9 Å². The SMILES string of the molecule is O=C1c2ccsc2CCC1Cc1c[nH]c(=S)[nH]1. The Balaban J connectivity index is 1.83. The van der Waals surface area contributed by atoms with Crippen molar-refractivity contribution in [3.8, 4) is 0 Å². The molecule has 0 aromatic carbocycles. The number of H-pyrrole nitrogens is 2. The quantitative estimate of drug-likeness (QED) is 0.819. The minimum absolute atomic E-state index is 0.0959. The summed E-state index contributed by atoms with van der Waals surface area (Å²) in [5.74, 6) is 0.381. The van der Waals surface area contributed by atoms with Crippen LogP contribution in [0.2, 0.25) is 0 Å². The Labute approximate surface area is 108 Å². The second-order valence-electron chi connectivity index (χ2n) is 4.33. The van der Waals surface area contributed by atoms with Crippen LogP contribution in [0.5, 0.6) is 0 Å². The molecule has 17 heavy (non-hydrogen) atoms. The number of fused-ring (bicyclic) bond motifs is 1. The summed E-state index contributed by atoms with van der Waals surface area (Å²) < 4.78 is 0.625. The molecule has 2 aromatic heterocycles. The van der Waals surface area contributed by atoms with E-state index in [2.05, 4.69) is 9.97 Å². The highest BCUT2D eigenvalue weighted by atomic mass is 32.1. The van der Waals surface area contributed by atoms with E-state index in [1.54, 1.807) is 11.3 Å². The number of thiophene rings is 1. The first-order valence-corrected chi connectivity index (χ1v) is 6.90. The average Bonchev–Trinajstić information content (AvgIpc) is 2.92. The molecule has 0 spiro atoms. The molecule has 0 bridgehead atoms. The largest absolute Gasteiger partial charge is 0.337 e. The van der Waals surface area contributed by atoms with Gasteiger partial charge in [0.25, 0.3) is 0 Å². The summed E-state index contributed by atoms with van der Waals surface area (Å²) in [5, 5.41) is 2.01. The minimum Gasteiger partial charge on any atom is -0.337 e. The van der Waals surface area contributed by atoms with E-state index in [-0.39, 0.29) is 11.7 Å². The summed E-state index contributed by atoms with van der Waals surface area (Å²) in [6.45, 7) is 0. The van der Waals surface area contributed by atoms with Crippen LogP contribution in [0.1, 0.15) is 27.3 Å². The molecule has 0 saturated heterocycles. The predicted molar refractivity (Wildman–Crippen MR) is 70.1 cm³/mol. The van der Waals surface area contributed by atoms with Crippen LogP contribution in [0.3, 0.4) is 0 Å². The van der Waals surface area contributed by atoms with Crippen LogP contribution in [0.4, 0.5) is 0 Å². The topological polar surface area (TPSA) is 48.6 Å². The predicted octanol–water partition coefficient (Wildman–Crippen LogP) is 3.12. The van der Waals surface area contributed by atoms with Gasteiger partial charge in [-0.2, -0.15) is 0 Å². The third-order valence-corrected chi connectivity index (χ3v) is 4.42. The number of hydrogen-bond donors (Lipinski definition) is 2. The number of ketones is 1. The Kier molecular flexibility index (Phi) is 2.72. The van der Waals surface area contributed by atoms with E-state index in [1.807, 2.05) is 17.6 Å². The summed E-state index contributed by atoms with van der Waals surface area (Å²) >= 11 is 6.67. The molecular formula is C12H12N2OS2. The number of carbonyl (C=O) groups excluding carboxylic acids is 1. The van der Waals surface area contributed by atoms with E-state index in [9.17, 15) is 4.79 Å². The van der Waals surface area contributed by atoms with Gasteiger partial charge in [0.2, 0.25) is 0 Å². The van der Waals surface area contributed by atoms with Gasteiger partial charge in [-0.3, -0.25) is 4.79 Å². The molecule has 0 aliphatic heterocycles. The van der Waals surface area contributed by atoms with E-state index < -0.39 is 0 Å². The Morgan fingerprint density at radius 1 is 1.53 bits per heavy atom. The fraction of sp³-hybridized carbons (Fsp3) is 0.333. The standard InChI is InChI=1S/C12H12N2OS2/c15-11-7(5-8-6-13-12(16)14-8)1-2-10-9(11)3-4-17-10/h3-4,6-7H,1-2,5H2,(H2,13,14,16). The average molecular weight is 264 g/mol. The first-order valence-electron chi connectivity index (χ1n) is 5.61. The number of nitrogens with one attached hydrogen (secondary N) is 2. The zero-order valence-corrected chi connectivity index (χ0v) is 10.8. The number of Topliss-reactive ketones (excluding diaryl/α,β-unsaturated/α-hetero) is 1. The van der Waals surface area contributed by atoms with E-state index in [4.69, 9.17) is 12.2 Å². The molecule has 3 nitrogen and oxygen atoms in total. The van der Waals surface area contributed by atoms with E-state index in [0.717, 1.165) is 30.5 Å². The van der Waals surface area contributed by atoms with Gasteiger partial charge < -0.3 is 9.97 Å². The molecule has 1 atom stereocenters. The first kappa shape index (κ1) is 10.9. The van der Waals surface area contributed by atoms with Crippen molar-refractivity contribution >= 4 is 29.3 Å². The Morgan fingerprint density at radius 3 is 3.18 bits per heavy atom. The Bertz CT molecular complexity index is 608. The van der Waals surface area contributed by atoms with Crippen LogP contribution in [-0.2, 0) is 12.8 Å².